The van der Waals surface area contributed by atoms with E-state index in [2.05, 4.69) is 33.1 Å². The SMILES string of the molecule is CC1C(CSc2nnnn2-c2ccc(O)cc2)OC(c2cccc(NC(=O)NC34CC5CC(CC(C5)C3)C4)c2)OC1c1ccc(CO)cc1. The molecule has 1 saturated heterocycles. The number of phenols is 1. The number of hydrogen-bond donors (Lipinski definition) is 4. The van der Waals surface area contributed by atoms with Crippen LogP contribution < -0.4 is 10.6 Å². The fourth-order valence-corrected chi connectivity index (χ4v) is 9.98. The van der Waals surface area contributed by atoms with Crippen molar-refractivity contribution in [3.05, 3.63) is 89.5 Å². The fraction of sp³-hybridized carbons (Fsp3) is 0.459. The smallest absolute Gasteiger partial charge is 0.319 e. The number of nitrogens with one attached hydrogen (secondary N) is 2. The third-order valence-electron chi connectivity index (χ3n) is 10.9. The first kappa shape index (κ1) is 32.2. The summed E-state index contributed by atoms with van der Waals surface area (Å²) in [4.78, 5) is 13.4. The number of aromatic nitrogens is 4. The van der Waals surface area contributed by atoms with Crippen LogP contribution in [-0.2, 0) is 16.1 Å². The van der Waals surface area contributed by atoms with Crippen LogP contribution in [0.4, 0.5) is 10.5 Å². The number of nitrogens with zero attached hydrogens (tertiary/aromatic N) is 4. The molecule has 3 aromatic carbocycles. The highest BCUT2D eigenvalue weighted by Gasteiger charge is 2.51. The van der Waals surface area contributed by atoms with Crippen molar-refractivity contribution in [1.82, 2.24) is 25.5 Å². The molecule has 4 unspecified atom stereocenters. The van der Waals surface area contributed by atoms with E-state index in [0.29, 0.717) is 16.6 Å². The molecule has 0 radical (unpaired) electrons. The van der Waals surface area contributed by atoms with E-state index in [1.54, 1.807) is 28.9 Å². The van der Waals surface area contributed by atoms with E-state index in [4.69, 9.17) is 9.47 Å². The largest absolute Gasteiger partial charge is 0.508 e. The molecular weight excluding hydrogens is 641 g/mol. The van der Waals surface area contributed by atoms with Crippen molar-refractivity contribution in [3.63, 3.8) is 0 Å². The summed E-state index contributed by atoms with van der Waals surface area (Å²) < 4.78 is 15.0. The predicted octanol–water partition coefficient (Wildman–Crippen LogP) is 6.53. The highest BCUT2D eigenvalue weighted by atomic mass is 32.2. The van der Waals surface area contributed by atoms with Gasteiger partial charge in [-0.25, -0.2) is 4.79 Å². The van der Waals surface area contributed by atoms with Crippen LogP contribution in [0, 0.1) is 23.7 Å². The number of aliphatic hydroxyl groups excluding tert-OH is 1. The van der Waals surface area contributed by atoms with Gasteiger partial charge in [-0.2, -0.15) is 4.68 Å². The summed E-state index contributed by atoms with van der Waals surface area (Å²) in [5.41, 5.74) is 3.98. The third kappa shape index (κ3) is 6.79. The molecule has 1 aliphatic heterocycles. The van der Waals surface area contributed by atoms with Crippen molar-refractivity contribution in [1.29, 1.82) is 0 Å². The number of ether oxygens (including phenoxy) is 2. The molecule has 9 rings (SSSR count). The molecule has 4 aliphatic carbocycles. The van der Waals surface area contributed by atoms with Crippen molar-refractivity contribution in [2.75, 3.05) is 11.1 Å². The van der Waals surface area contributed by atoms with Gasteiger partial charge in [-0.15, -0.1) is 5.10 Å². The second-order valence-electron chi connectivity index (χ2n) is 14.4. The Morgan fingerprint density at radius 2 is 1.67 bits per heavy atom. The first-order valence-corrected chi connectivity index (χ1v) is 18.2. The molecule has 4 aromatic rings. The van der Waals surface area contributed by atoms with Gasteiger partial charge >= 0.3 is 6.03 Å². The molecule has 4 saturated carbocycles. The Balaban J connectivity index is 1.000. The number of carbonyl (C=O) groups is 1. The maximum atomic E-state index is 13.4. The zero-order chi connectivity index (χ0) is 33.5. The van der Waals surface area contributed by atoms with Crippen molar-refractivity contribution in [2.24, 2.45) is 23.7 Å². The van der Waals surface area contributed by atoms with Gasteiger partial charge in [0.1, 0.15) is 5.75 Å². The van der Waals surface area contributed by atoms with E-state index >= 15 is 0 Å². The molecule has 2 heterocycles. The number of aliphatic hydroxyl groups is 1. The summed E-state index contributed by atoms with van der Waals surface area (Å²) >= 11 is 1.49. The van der Waals surface area contributed by atoms with E-state index in [1.807, 2.05) is 48.5 Å². The summed E-state index contributed by atoms with van der Waals surface area (Å²) in [5.74, 6) is 2.93. The van der Waals surface area contributed by atoms with Crippen LogP contribution in [0.2, 0.25) is 0 Å². The highest BCUT2D eigenvalue weighted by molar-refractivity contribution is 7.99. The number of urea groups is 1. The quantitative estimate of drug-likeness (QED) is 0.145. The lowest BCUT2D eigenvalue weighted by molar-refractivity contribution is -0.268. The highest BCUT2D eigenvalue weighted by Crippen LogP contribution is 2.55. The van der Waals surface area contributed by atoms with Crippen molar-refractivity contribution >= 4 is 23.5 Å². The molecule has 4 atom stereocenters. The van der Waals surface area contributed by atoms with Crippen LogP contribution in [0.25, 0.3) is 5.69 Å². The molecule has 11 nitrogen and oxygen atoms in total. The third-order valence-corrected chi connectivity index (χ3v) is 11.9. The predicted molar refractivity (Wildman–Crippen MR) is 184 cm³/mol. The van der Waals surface area contributed by atoms with Crippen molar-refractivity contribution in [3.8, 4) is 11.4 Å². The Kier molecular flexibility index (Phi) is 8.81. The minimum absolute atomic E-state index is 0.0294. The molecule has 49 heavy (non-hydrogen) atoms. The fourth-order valence-electron chi connectivity index (χ4n) is 8.92. The minimum Gasteiger partial charge on any atom is -0.508 e. The van der Waals surface area contributed by atoms with Gasteiger partial charge in [0, 0.05) is 28.5 Å². The number of carbonyl (C=O) groups excluding carboxylic acids is 1. The summed E-state index contributed by atoms with van der Waals surface area (Å²) in [5, 5.41) is 38.8. The Morgan fingerprint density at radius 3 is 2.37 bits per heavy atom. The first-order chi connectivity index (χ1) is 23.8. The van der Waals surface area contributed by atoms with Crippen LogP contribution >= 0.6 is 11.8 Å². The number of hydrogen-bond acceptors (Lipinski definition) is 9. The summed E-state index contributed by atoms with van der Waals surface area (Å²) in [6, 6.07) is 22.1. The monoisotopic (exact) mass is 682 g/mol. The average molecular weight is 683 g/mol. The van der Waals surface area contributed by atoms with Crippen LogP contribution in [0.5, 0.6) is 5.75 Å². The molecule has 0 spiro atoms. The second kappa shape index (κ2) is 13.4. The number of anilines is 1. The Morgan fingerprint density at radius 1 is 0.959 bits per heavy atom. The van der Waals surface area contributed by atoms with Gasteiger partial charge in [-0.1, -0.05) is 55.1 Å². The van der Waals surface area contributed by atoms with Gasteiger partial charge < -0.3 is 30.3 Å². The van der Waals surface area contributed by atoms with Crippen molar-refractivity contribution in [2.45, 2.75) is 81.2 Å². The van der Waals surface area contributed by atoms with Gasteiger partial charge in [0.25, 0.3) is 0 Å². The van der Waals surface area contributed by atoms with Crippen LogP contribution in [0.3, 0.4) is 0 Å². The molecule has 5 aliphatic rings. The molecular formula is C37H42N6O5S. The lowest BCUT2D eigenvalue weighted by Crippen LogP contribution is -2.60. The molecule has 1 aromatic heterocycles. The number of amides is 2. The van der Waals surface area contributed by atoms with Gasteiger partial charge in [0.05, 0.1) is 24.5 Å². The van der Waals surface area contributed by atoms with Crippen molar-refractivity contribution < 1.29 is 24.5 Å². The van der Waals surface area contributed by atoms with Crippen LogP contribution in [0.15, 0.2) is 78.0 Å². The van der Waals surface area contributed by atoms with E-state index in [0.717, 1.165) is 59.4 Å². The molecule has 2 amide bonds. The van der Waals surface area contributed by atoms with Gasteiger partial charge in [0.15, 0.2) is 6.29 Å². The van der Waals surface area contributed by atoms with E-state index in [9.17, 15) is 15.0 Å². The van der Waals surface area contributed by atoms with Gasteiger partial charge in [0.2, 0.25) is 5.16 Å². The topological polar surface area (TPSA) is 144 Å². The maximum Gasteiger partial charge on any atom is 0.319 e. The molecule has 256 valence electrons. The number of rotatable bonds is 9. The number of aromatic hydroxyl groups is 1. The Bertz CT molecular complexity index is 1750. The zero-order valence-electron chi connectivity index (χ0n) is 27.4. The Labute approximate surface area is 289 Å². The summed E-state index contributed by atoms with van der Waals surface area (Å²) in [6.45, 7) is 2.08. The summed E-state index contributed by atoms with van der Waals surface area (Å²) in [7, 11) is 0. The van der Waals surface area contributed by atoms with Crippen LogP contribution in [-0.4, -0.2) is 53.8 Å². The molecule has 4 bridgehead atoms. The number of tetrazole rings is 1. The zero-order valence-corrected chi connectivity index (χ0v) is 28.3. The number of phenolic OH excluding ortho intramolecular Hbond substituents is 1. The van der Waals surface area contributed by atoms with E-state index < -0.39 is 6.29 Å². The lowest BCUT2D eigenvalue weighted by Gasteiger charge is -2.56. The van der Waals surface area contributed by atoms with Gasteiger partial charge in [-0.3, -0.25) is 0 Å². The Hall–Kier alpha value is -3.97. The van der Waals surface area contributed by atoms with E-state index in [-0.39, 0.29) is 42.1 Å². The molecule has 4 N–H and O–H groups in total. The molecule has 5 fully saturated rings. The lowest BCUT2D eigenvalue weighted by atomic mass is 9.53. The minimum atomic E-state index is -0.689. The maximum absolute atomic E-state index is 13.4. The first-order valence-electron chi connectivity index (χ1n) is 17.2. The average Bonchev–Trinajstić information content (AvgIpc) is 3.56. The van der Waals surface area contributed by atoms with Gasteiger partial charge in [-0.05, 0) is 114 Å². The van der Waals surface area contributed by atoms with Crippen LogP contribution in [0.1, 0.15) is 74.5 Å². The normalized spacial score (nSPS) is 30.3. The van der Waals surface area contributed by atoms with E-state index in [1.165, 1.54) is 31.0 Å². The summed E-state index contributed by atoms with van der Waals surface area (Å²) in [6.07, 6.45) is 6.03. The second-order valence-corrected chi connectivity index (χ2v) is 15.4. The number of thioether (sulfide) groups is 1. The standard InChI is InChI=1S/C37H42N6O5S/c1-22-32(21-49-36-40-41-42-43(36)30-9-11-31(45)12-10-30)47-34(48-33(22)27-7-5-23(20-44)6-8-27)28-3-2-4-29(16-28)38-35(46)39-37-17-24-13-25(18-37)15-26(14-24)19-37/h2-12,16,22,24-26,32-34,44-45H,13-15,17-21H2,1H3,(H2,38,39,46). The molecule has 12 heteroatoms. The number of benzene rings is 3.